The number of nitrogens with two attached hydrogens (primary N) is 1. The summed E-state index contributed by atoms with van der Waals surface area (Å²) in [5, 5.41) is -0.526. The van der Waals surface area contributed by atoms with E-state index in [1.807, 2.05) is 0 Å². The number of likely N-dealkylation sites (N-methyl/N-ethyl adjacent to an activating group) is 1. The third-order valence-corrected chi connectivity index (χ3v) is 3.89. The summed E-state index contributed by atoms with van der Waals surface area (Å²) in [5.41, 5.74) is 5.26. The van der Waals surface area contributed by atoms with Gasteiger partial charge in [0.1, 0.15) is 0 Å². The van der Waals surface area contributed by atoms with Crippen LogP contribution in [0.3, 0.4) is 0 Å². The summed E-state index contributed by atoms with van der Waals surface area (Å²) in [6.07, 6.45) is 1.54. The van der Waals surface area contributed by atoms with E-state index in [0.29, 0.717) is 6.54 Å². The van der Waals surface area contributed by atoms with Gasteiger partial charge >= 0.3 is 0 Å². The number of hydrogen-bond donors (Lipinski definition) is 1. The first-order valence-corrected chi connectivity index (χ1v) is 5.23. The van der Waals surface area contributed by atoms with Crippen molar-refractivity contribution in [2.75, 3.05) is 20.1 Å². The highest BCUT2D eigenvalue weighted by atomic mass is 32.2. The lowest BCUT2D eigenvalue weighted by molar-refractivity contribution is 0.488. The smallest absolute Gasteiger partial charge is 0.217 e. The van der Waals surface area contributed by atoms with Crippen LogP contribution >= 0.6 is 0 Å². The Balaban J connectivity index is 4.49. The molecule has 0 rings (SSSR count). The largest absolute Gasteiger partial charge is 0.329 e. The fourth-order valence-corrected chi connectivity index (χ4v) is 1.89. The Morgan fingerprint density at radius 1 is 1.67 bits per heavy atom. The minimum absolute atomic E-state index is 0.143. The quantitative estimate of drug-likeness (QED) is 0.613. The van der Waals surface area contributed by atoms with Crippen LogP contribution in [0.1, 0.15) is 6.92 Å². The Morgan fingerprint density at radius 2 is 2.17 bits per heavy atom. The van der Waals surface area contributed by atoms with Crippen LogP contribution < -0.4 is 5.73 Å². The van der Waals surface area contributed by atoms with Gasteiger partial charge in [0.2, 0.25) is 10.0 Å². The van der Waals surface area contributed by atoms with E-state index >= 15 is 0 Å². The molecule has 0 saturated heterocycles. The van der Waals surface area contributed by atoms with Crippen LogP contribution in [0, 0.1) is 0 Å². The number of nitrogens with zero attached hydrogens (tertiary/aromatic N) is 1. The number of rotatable bonds is 5. The van der Waals surface area contributed by atoms with Crippen LogP contribution in [-0.4, -0.2) is 38.1 Å². The summed E-state index contributed by atoms with van der Waals surface area (Å²) in [5.74, 6) is 0. The summed E-state index contributed by atoms with van der Waals surface area (Å²) in [7, 11) is -1.70. The Kier molecular flexibility index (Phi) is 4.44. The predicted molar refractivity (Wildman–Crippen MR) is 50.3 cm³/mol. The lowest BCUT2D eigenvalue weighted by atomic mass is 10.5. The molecule has 0 aliphatic carbocycles. The first kappa shape index (κ1) is 11.6. The molecule has 0 saturated carbocycles. The summed E-state index contributed by atoms with van der Waals surface area (Å²) in [4.78, 5) is 0. The minimum Gasteiger partial charge on any atom is -0.329 e. The molecule has 1 unspecified atom stereocenters. The maximum atomic E-state index is 11.4. The third-order valence-electron chi connectivity index (χ3n) is 1.66. The van der Waals surface area contributed by atoms with E-state index in [4.69, 9.17) is 5.73 Å². The monoisotopic (exact) mass is 192 g/mol. The maximum absolute atomic E-state index is 11.4. The van der Waals surface area contributed by atoms with E-state index in [2.05, 4.69) is 6.58 Å². The first-order chi connectivity index (χ1) is 5.46. The molecule has 0 bridgehead atoms. The third kappa shape index (κ3) is 2.58. The van der Waals surface area contributed by atoms with Crippen molar-refractivity contribution in [3.05, 3.63) is 12.7 Å². The molecule has 2 N–H and O–H groups in total. The molecule has 12 heavy (non-hydrogen) atoms. The number of hydrogen-bond acceptors (Lipinski definition) is 3. The molecule has 5 heteroatoms. The van der Waals surface area contributed by atoms with Gasteiger partial charge in [-0.25, -0.2) is 12.7 Å². The van der Waals surface area contributed by atoms with Gasteiger partial charge in [0.15, 0.2) is 0 Å². The molecule has 72 valence electrons. The Labute approximate surface area is 74.1 Å². The van der Waals surface area contributed by atoms with Crippen LogP contribution in [0.4, 0.5) is 0 Å². The molecule has 0 aliphatic heterocycles. The zero-order valence-corrected chi connectivity index (χ0v) is 8.34. The summed E-state index contributed by atoms with van der Waals surface area (Å²) < 4.78 is 24.1. The lowest BCUT2D eigenvalue weighted by Gasteiger charge is -2.19. The Morgan fingerprint density at radius 3 is 2.50 bits per heavy atom. The van der Waals surface area contributed by atoms with E-state index < -0.39 is 15.3 Å². The van der Waals surface area contributed by atoms with Crippen LogP contribution in [0.25, 0.3) is 0 Å². The molecule has 0 aromatic heterocycles. The van der Waals surface area contributed by atoms with E-state index in [0.717, 1.165) is 0 Å². The zero-order chi connectivity index (χ0) is 9.78. The van der Waals surface area contributed by atoms with Crippen molar-refractivity contribution in [3.63, 3.8) is 0 Å². The second kappa shape index (κ2) is 4.59. The van der Waals surface area contributed by atoms with Crippen LogP contribution in [0.15, 0.2) is 12.7 Å². The molecule has 4 nitrogen and oxygen atoms in total. The van der Waals surface area contributed by atoms with Crippen LogP contribution in [0.5, 0.6) is 0 Å². The van der Waals surface area contributed by atoms with E-state index in [-0.39, 0.29) is 6.54 Å². The molecule has 1 atom stereocenters. The molecule has 0 radical (unpaired) electrons. The lowest BCUT2D eigenvalue weighted by Crippen LogP contribution is -2.38. The number of sulfonamides is 1. The summed E-state index contributed by atoms with van der Waals surface area (Å²) in [6.45, 7) is 5.52. The van der Waals surface area contributed by atoms with Gasteiger partial charge in [0.25, 0.3) is 0 Å². The zero-order valence-electron chi connectivity index (χ0n) is 7.53. The van der Waals surface area contributed by atoms with Crippen LogP contribution in [-0.2, 0) is 10.0 Å². The molecular formula is C7H16N2O2S. The van der Waals surface area contributed by atoms with Crippen molar-refractivity contribution in [2.24, 2.45) is 5.73 Å². The standard InChI is InChI=1S/C7H16N2O2S/c1-4-5-9(3)12(10,11)7(2)6-8/h4,7H,1,5-6,8H2,2-3H3. The van der Waals surface area contributed by atoms with E-state index in [9.17, 15) is 8.42 Å². The maximum Gasteiger partial charge on any atom is 0.217 e. The average molecular weight is 192 g/mol. The fourth-order valence-electron chi connectivity index (χ4n) is 0.714. The van der Waals surface area contributed by atoms with Gasteiger partial charge < -0.3 is 5.73 Å². The molecule has 0 aliphatic rings. The van der Waals surface area contributed by atoms with Gasteiger partial charge in [-0.05, 0) is 6.92 Å². The van der Waals surface area contributed by atoms with Crippen molar-refractivity contribution in [3.8, 4) is 0 Å². The molecule has 0 aromatic rings. The molecular weight excluding hydrogens is 176 g/mol. The Hall–Kier alpha value is -0.390. The first-order valence-electron chi connectivity index (χ1n) is 3.73. The van der Waals surface area contributed by atoms with Crippen molar-refractivity contribution >= 4 is 10.0 Å². The van der Waals surface area contributed by atoms with Gasteiger partial charge in [-0.1, -0.05) is 6.08 Å². The highest BCUT2D eigenvalue weighted by molar-refractivity contribution is 7.89. The second-order valence-electron chi connectivity index (χ2n) is 2.66. The fraction of sp³-hybridized carbons (Fsp3) is 0.714. The molecule has 0 spiro atoms. The highest BCUT2D eigenvalue weighted by Gasteiger charge is 2.23. The molecule has 0 aromatic carbocycles. The van der Waals surface area contributed by atoms with Gasteiger partial charge in [-0.2, -0.15) is 0 Å². The van der Waals surface area contributed by atoms with E-state index in [1.165, 1.54) is 11.4 Å². The van der Waals surface area contributed by atoms with Crippen molar-refractivity contribution in [1.29, 1.82) is 0 Å². The summed E-state index contributed by atoms with van der Waals surface area (Å²) >= 11 is 0. The topological polar surface area (TPSA) is 63.4 Å². The predicted octanol–water partition coefficient (Wildman–Crippen LogP) is -0.219. The van der Waals surface area contributed by atoms with Gasteiger partial charge in [-0.15, -0.1) is 6.58 Å². The van der Waals surface area contributed by atoms with E-state index in [1.54, 1.807) is 13.0 Å². The van der Waals surface area contributed by atoms with Crippen molar-refractivity contribution in [1.82, 2.24) is 4.31 Å². The average Bonchev–Trinajstić information content (AvgIpc) is 2.03. The van der Waals surface area contributed by atoms with Gasteiger partial charge in [-0.3, -0.25) is 0 Å². The van der Waals surface area contributed by atoms with Gasteiger partial charge in [0, 0.05) is 20.1 Å². The highest BCUT2D eigenvalue weighted by Crippen LogP contribution is 2.04. The van der Waals surface area contributed by atoms with Crippen LogP contribution in [0.2, 0.25) is 0 Å². The molecule has 0 heterocycles. The second-order valence-corrected chi connectivity index (χ2v) is 5.12. The Bertz CT molecular complexity index is 236. The summed E-state index contributed by atoms with van der Waals surface area (Å²) in [6, 6.07) is 0. The SMILES string of the molecule is C=CCN(C)S(=O)(=O)C(C)CN. The molecule has 0 fully saturated rings. The normalized spacial score (nSPS) is 14.7. The van der Waals surface area contributed by atoms with Crippen molar-refractivity contribution < 1.29 is 8.42 Å². The van der Waals surface area contributed by atoms with Gasteiger partial charge in [0.05, 0.1) is 5.25 Å². The minimum atomic E-state index is -3.21. The molecule has 0 amide bonds. The van der Waals surface area contributed by atoms with Crippen molar-refractivity contribution in [2.45, 2.75) is 12.2 Å².